The molecular formula is C45H65N3O4. The number of aromatic carboxylic acids is 1. The molecule has 7 unspecified atom stereocenters. The van der Waals surface area contributed by atoms with Crippen LogP contribution < -0.4 is 5.32 Å². The number of ether oxygens (including phenoxy) is 1. The summed E-state index contributed by atoms with van der Waals surface area (Å²) in [7, 11) is 0. The molecule has 2 saturated heterocycles. The predicted octanol–water partition coefficient (Wildman–Crippen LogP) is 8.88. The summed E-state index contributed by atoms with van der Waals surface area (Å²) in [5.41, 5.74) is 3.97. The summed E-state index contributed by atoms with van der Waals surface area (Å²) in [4.78, 5) is 29.4. The van der Waals surface area contributed by atoms with Gasteiger partial charge in [0.25, 0.3) is 0 Å². The summed E-state index contributed by atoms with van der Waals surface area (Å²) in [5.74, 6) is 3.61. The highest BCUT2D eigenvalue weighted by Crippen LogP contribution is 2.71. The molecule has 0 aromatic heterocycles. The van der Waals surface area contributed by atoms with E-state index in [0.29, 0.717) is 51.3 Å². The number of piperidine rings is 1. The molecule has 2 heterocycles. The average Bonchev–Trinajstić information content (AvgIpc) is 3.68. The minimum atomic E-state index is -0.852. The molecule has 12 atom stereocenters. The molecule has 9 rings (SSSR count). The first-order chi connectivity index (χ1) is 24.7. The van der Waals surface area contributed by atoms with Crippen LogP contribution in [0.2, 0.25) is 0 Å². The molecule has 284 valence electrons. The van der Waals surface area contributed by atoms with Crippen LogP contribution in [0.3, 0.4) is 0 Å². The Kier molecular flexibility index (Phi) is 8.19. The van der Waals surface area contributed by atoms with Gasteiger partial charge in [-0.3, -0.25) is 9.80 Å². The van der Waals surface area contributed by atoms with Gasteiger partial charge in [-0.15, -0.1) is 0 Å². The molecule has 5 saturated carbocycles. The molecule has 1 aromatic carbocycles. The molecule has 2 N–H and O–H groups in total. The molecule has 1 aromatic rings. The van der Waals surface area contributed by atoms with Crippen molar-refractivity contribution in [1.29, 1.82) is 0 Å². The molecule has 7 heteroatoms. The van der Waals surface area contributed by atoms with Gasteiger partial charge in [0.15, 0.2) is 0 Å². The van der Waals surface area contributed by atoms with Crippen LogP contribution in [0.5, 0.6) is 0 Å². The van der Waals surface area contributed by atoms with Gasteiger partial charge < -0.3 is 15.2 Å². The second-order valence-electron chi connectivity index (χ2n) is 20.6. The highest BCUT2D eigenvalue weighted by atomic mass is 16.6. The van der Waals surface area contributed by atoms with Crippen LogP contribution in [-0.4, -0.2) is 76.4 Å². The van der Waals surface area contributed by atoms with Crippen LogP contribution in [0.15, 0.2) is 30.3 Å². The van der Waals surface area contributed by atoms with E-state index < -0.39 is 11.6 Å². The van der Waals surface area contributed by atoms with E-state index in [1.54, 1.807) is 12.1 Å². The summed E-state index contributed by atoms with van der Waals surface area (Å²) in [5, 5.41) is 13.7. The number of nitrogens with zero attached hydrogens (tertiary/aromatic N) is 2. The lowest BCUT2D eigenvalue weighted by atomic mass is 9.38. The first-order valence-electron chi connectivity index (χ1n) is 21.2. The maximum atomic E-state index is 13.1. The van der Waals surface area contributed by atoms with Gasteiger partial charge in [-0.05, 0) is 161 Å². The van der Waals surface area contributed by atoms with E-state index in [-0.39, 0.29) is 6.09 Å². The van der Waals surface area contributed by atoms with Gasteiger partial charge in [0, 0.05) is 43.2 Å². The van der Waals surface area contributed by atoms with Crippen LogP contribution in [0.1, 0.15) is 135 Å². The lowest BCUT2D eigenvalue weighted by Crippen LogP contribution is -2.77. The van der Waals surface area contributed by atoms with E-state index in [2.05, 4.69) is 42.0 Å². The minimum Gasteiger partial charge on any atom is -0.478 e. The fourth-order valence-electron chi connectivity index (χ4n) is 15.3. The fourth-order valence-corrected chi connectivity index (χ4v) is 15.3. The zero-order valence-corrected chi connectivity index (χ0v) is 32.9. The summed E-state index contributed by atoms with van der Waals surface area (Å²) < 4.78 is 5.83. The predicted molar refractivity (Wildman–Crippen MR) is 205 cm³/mol. The molecule has 7 fully saturated rings. The number of rotatable bonds is 6. The van der Waals surface area contributed by atoms with Gasteiger partial charge in [-0.2, -0.15) is 0 Å². The number of carboxylic acids is 1. The number of nitrogens with one attached hydrogen (secondary N) is 1. The summed E-state index contributed by atoms with van der Waals surface area (Å²) >= 11 is 0. The Bertz CT molecular complexity index is 1630. The number of hydrogen-bond donors (Lipinski definition) is 2. The Balaban J connectivity index is 0.852. The molecule has 0 bridgehead atoms. The van der Waals surface area contributed by atoms with Gasteiger partial charge in [0.2, 0.25) is 0 Å². The van der Waals surface area contributed by atoms with Gasteiger partial charge >= 0.3 is 12.1 Å². The van der Waals surface area contributed by atoms with Crippen LogP contribution in [-0.2, 0) is 4.74 Å². The molecule has 0 radical (unpaired) electrons. The standard InChI is InChI=1S/C45H65N3O4/c1-28-31(29-9-11-30(12-10-29)39(49)50)15-20-42(5)33(28)16-21-43(6)34-17-23-45(19-7-8-35(45)32(34)13-14-36(42)43)46-24-25-47-26-38-44(27-47)22-18-37(44)48(38)40(51)52-41(2,3)4/h9-12,15,28,32-38,46H,7-8,13-14,16-27H2,1-6H3,(H,49,50)/t28?,32-,33?,34?,35+,36?,37?,38?,42-,43-,44?,45-/m0/s1. The first kappa shape index (κ1) is 35.3. The van der Waals surface area contributed by atoms with E-state index in [0.717, 1.165) is 62.7 Å². The normalized spacial score (nSPS) is 44.8. The number of carboxylic acid groups (broad SMARTS) is 1. The third-order valence-corrected chi connectivity index (χ3v) is 17.5. The largest absolute Gasteiger partial charge is 0.478 e. The number of fused-ring (bicyclic) bond motifs is 7. The van der Waals surface area contributed by atoms with Crippen molar-refractivity contribution in [2.75, 3.05) is 26.2 Å². The molecule has 6 aliphatic carbocycles. The van der Waals surface area contributed by atoms with E-state index in [1.165, 1.54) is 75.3 Å². The molecule has 1 amide bonds. The second kappa shape index (κ2) is 12.1. The van der Waals surface area contributed by atoms with Crippen molar-refractivity contribution in [3.05, 3.63) is 41.5 Å². The number of carbonyl (C=O) groups is 2. The van der Waals surface area contributed by atoms with E-state index in [9.17, 15) is 14.7 Å². The molecule has 7 nitrogen and oxygen atoms in total. The summed E-state index contributed by atoms with van der Waals surface area (Å²) in [6.07, 6.45) is 18.3. The Hall–Kier alpha value is -2.38. The Morgan fingerprint density at radius 1 is 0.904 bits per heavy atom. The topological polar surface area (TPSA) is 82.1 Å². The van der Waals surface area contributed by atoms with Gasteiger partial charge in [0.1, 0.15) is 5.60 Å². The van der Waals surface area contributed by atoms with Crippen LogP contribution in [0.4, 0.5) is 4.79 Å². The number of amides is 1. The van der Waals surface area contributed by atoms with Crippen molar-refractivity contribution < 1.29 is 19.4 Å². The monoisotopic (exact) mass is 711 g/mol. The number of carbonyl (C=O) groups excluding carboxylic acids is 1. The van der Waals surface area contributed by atoms with Crippen LogP contribution >= 0.6 is 0 Å². The molecule has 1 spiro atoms. The zero-order chi connectivity index (χ0) is 36.4. The third kappa shape index (κ3) is 5.09. The van der Waals surface area contributed by atoms with Crippen molar-refractivity contribution in [2.45, 2.75) is 142 Å². The summed E-state index contributed by atoms with van der Waals surface area (Å²) in [6.45, 7) is 18.1. The SMILES string of the molecule is CC1C(c2ccc(C(=O)O)cc2)=CC[C@@]2(C)C1CC[C@@]1(C)C3CC[C@@]4(NCCN5CC6N(C(=O)OC(C)(C)C)C7CCC76C5)CCC[C@@H]4[C@H]3CCC21. The van der Waals surface area contributed by atoms with Gasteiger partial charge in [-0.25, -0.2) is 9.59 Å². The highest BCUT2D eigenvalue weighted by molar-refractivity contribution is 5.88. The van der Waals surface area contributed by atoms with Gasteiger partial charge in [0.05, 0.1) is 11.6 Å². The lowest BCUT2D eigenvalue weighted by molar-refractivity contribution is -0.165. The van der Waals surface area contributed by atoms with Crippen molar-refractivity contribution in [2.24, 2.45) is 51.8 Å². The molecule has 2 aliphatic heterocycles. The van der Waals surface area contributed by atoms with Crippen molar-refractivity contribution >= 4 is 17.6 Å². The summed E-state index contributed by atoms with van der Waals surface area (Å²) in [6, 6.07) is 8.35. The van der Waals surface area contributed by atoms with Crippen molar-refractivity contribution in [3.63, 3.8) is 0 Å². The number of allylic oxidation sites excluding steroid dienone is 2. The van der Waals surface area contributed by atoms with E-state index >= 15 is 0 Å². The Morgan fingerprint density at radius 3 is 2.38 bits per heavy atom. The average molecular weight is 712 g/mol. The maximum absolute atomic E-state index is 13.1. The van der Waals surface area contributed by atoms with Crippen molar-refractivity contribution in [1.82, 2.24) is 15.1 Å². The zero-order valence-electron chi connectivity index (χ0n) is 32.9. The number of benzene rings is 1. The molecule has 52 heavy (non-hydrogen) atoms. The maximum Gasteiger partial charge on any atom is 0.410 e. The minimum absolute atomic E-state index is 0.0999. The van der Waals surface area contributed by atoms with Crippen LogP contribution in [0, 0.1) is 51.8 Å². The Labute approximate surface area is 312 Å². The smallest absolute Gasteiger partial charge is 0.410 e. The molecule has 8 aliphatic rings. The van der Waals surface area contributed by atoms with Gasteiger partial charge in [-0.1, -0.05) is 45.4 Å². The number of hydrogen-bond acceptors (Lipinski definition) is 5. The van der Waals surface area contributed by atoms with Crippen molar-refractivity contribution in [3.8, 4) is 0 Å². The van der Waals surface area contributed by atoms with E-state index in [1.807, 2.05) is 32.9 Å². The Morgan fingerprint density at radius 2 is 1.67 bits per heavy atom. The quantitative estimate of drug-likeness (QED) is 0.307. The molecular weight excluding hydrogens is 647 g/mol. The number of likely N-dealkylation sites (tertiary alicyclic amines) is 2. The third-order valence-electron chi connectivity index (χ3n) is 17.5. The van der Waals surface area contributed by atoms with Crippen LogP contribution in [0.25, 0.3) is 5.57 Å². The fraction of sp³-hybridized carbons (Fsp3) is 0.778. The highest BCUT2D eigenvalue weighted by Gasteiger charge is 2.71. The first-order valence-corrected chi connectivity index (χ1v) is 21.2. The second-order valence-corrected chi connectivity index (χ2v) is 20.6. The van der Waals surface area contributed by atoms with E-state index in [4.69, 9.17) is 4.74 Å². The lowest BCUT2D eigenvalue weighted by Gasteiger charge is -2.67.